The van der Waals surface area contributed by atoms with Gasteiger partial charge in [-0.25, -0.2) is 0 Å². The van der Waals surface area contributed by atoms with Crippen LogP contribution in [0, 0.1) is 0 Å². The van der Waals surface area contributed by atoms with Crippen LogP contribution >= 0.6 is 24.2 Å². The van der Waals surface area contributed by atoms with Gasteiger partial charge in [0, 0.05) is 55.4 Å². The number of benzene rings is 2. The van der Waals surface area contributed by atoms with Crippen LogP contribution in [0.15, 0.2) is 48.5 Å². The third-order valence-corrected chi connectivity index (χ3v) is 6.60. The third-order valence-electron chi connectivity index (χ3n) is 5.86. The highest BCUT2D eigenvalue weighted by atomic mass is 35.5. The zero-order chi connectivity index (χ0) is 24.5. The van der Waals surface area contributed by atoms with Crippen molar-refractivity contribution in [3.63, 3.8) is 0 Å². The number of hydrogen-bond donors (Lipinski definition) is 3. The van der Waals surface area contributed by atoms with Crippen molar-refractivity contribution in [3.8, 4) is 0 Å². The van der Waals surface area contributed by atoms with Crippen LogP contribution in [0.25, 0.3) is 0 Å². The summed E-state index contributed by atoms with van der Waals surface area (Å²) in [6.45, 7) is 3.96. The average molecular weight is 504 g/mol. The zero-order valence-corrected chi connectivity index (χ0v) is 20.6. The molecule has 2 aromatic rings. The SMILES string of the molecule is O=C(O)CCCC(S)C(=O)Nc1ccc(C(=O)N2CCN(CCc3ccc(Cl)cc3)CC2)cc1. The number of piperazine rings is 1. The number of amides is 2. The number of halogens is 1. The van der Waals surface area contributed by atoms with Gasteiger partial charge in [0.25, 0.3) is 5.91 Å². The minimum atomic E-state index is -0.888. The Bertz CT molecular complexity index is 977. The topological polar surface area (TPSA) is 89.9 Å². The fourth-order valence-corrected chi connectivity index (χ4v) is 4.17. The van der Waals surface area contributed by atoms with Crippen LogP contribution in [-0.2, 0) is 16.0 Å². The first-order valence-corrected chi connectivity index (χ1v) is 12.3. The van der Waals surface area contributed by atoms with Gasteiger partial charge in [0.05, 0.1) is 5.25 Å². The molecule has 0 spiro atoms. The molecule has 34 heavy (non-hydrogen) atoms. The summed E-state index contributed by atoms with van der Waals surface area (Å²) in [5, 5.41) is 11.6. The molecule has 0 radical (unpaired) electrons. The maximum absolute atomic E-state index is 12.9. The lowest BCUT2D eigenvalue weighted by molar-refractivity contribution is -0.137. The molecule has 2 amide bonds. The molecule has 1 fully saturated rings. The molecule has 0 saturated carbocycles. The Morgan fingerprint density at radius 1 is 1.00 bits per heavy atom. The largest absolute Gasteiger partial charge is 0.481 e. The number of aliphatic carboxylic acids is 1. The number of anilines is 1. The van der Waals surface area contributed by atoms with E-state index in [2.05, 4.69) is 22.8 Å². The lowest BCUT2D eigenvalue weighted by atomic mass is 10.1. The number of carbonyl (C=O) groups excluding carboxylic acids is 2. The van der Waals surface area contributed by atoms with Crippen molar-refractivity contribution in [1.29, 1.82) is 0 Å². The van der Waals surface area contributed by atoms with Gasteiger partial charge in [-0.15, -0.1) is 0 Å². The molecule has 7 nitrogen and oxygen atoms in total. The molecular weight excluding hydrogens is 474 g/mol. The molecule has 182 valence electrons. The van der Waals surface area contributed by atoms with Gasteiger partial charge in [-0.3, -0.25) is 19.3 Å². The van der Waals surface area contributed by atoms with Crippen LogP contribution in [0.2, 0.25) is 5.02 Å². The molecule has 0 aliphatic carbocycles. The van der Waals surface area contributed by atoms with Crippen LogP contribution in [0.5, 0.6) is 0 Å². The normalized spacial score (nSPS) is 15.1. The van der Waals surface area contributed by atoms with E-state index >= 15 is 0 Å². The van der Waals surface area contributed by atoms with E-state index in [0.717, 1.165) is 31.1 Å². The van der Waals surface area contributed by atoms with Crippen molar-refractivity contribution >= 4 is 47.7 Å². The van der Waals surface area contributed by atoms with Gasteiger partial charge in [0.15, 0.2) is 0 Å². The first kappa shape index (κ1) is 26.1. The number of carboxylic acid groups (broad SMARTS) is 1. The second kappa shape index (κ2) is 12.8. The minimum absolute atomic E-state index is 0.0117. The second-order valence-corrected chi connectivity index (χ2v) is 9.44. The summed E-state index contributed by atoms with van der Waals surface area (Å²) in [4.78, 5) is 39.9. The Labute approximate surface area is 210 Å². The summed E-state index contributed by atoms with van der Waals surface area (Å²) in [7, 11) is 0. The van der Waals surface area contributed by atoms with Crippen molar-refractivity contribution in [2.75, 3.05) is 38.0 Å². The third kappa shape index (κ3) is 8.04. The Balaban J connectivity index is 1.42. The van der Waals surface area contributed by atoms with Crippen LogP contribution in [0.4, 0.5) is 5.69 Å². The van der Waals surface area contributed by atoms with Gasteiger partial charge < -0.3 is 15.3 Å². The van der Waals surface area contributed by atoms with Gasteiger partial charge in [-0.1, -0.05) is 23.7 Å². The lowest BCUT2D eigenvalue weighted by Gasteiger charge is -2.34. The first-order valence-electron chi connectivity index (χ1n) is 11.4. The van der Waals surface area contributed by atoms with Crippen LogP contribution in [0.1, 0.15) is 35.2 Å². The van der Waals surface area contributed by atoms with Gasteiger partial charge in [-0.2, -0.15) is 12.6 Å². The molecule has 1 aliphatic heterocycles. The summed E-state index contributed by atoms with van der Waals surface area (Å²) in [6.07, 6.45) is 1.73. The number of carboxylic acids is 1. The summed E-state index contributed by atoms with van der Waals surface area (Å²) < 4.78 is 0. The fraction of sp³-hybridized carbons (Fsp3) is 0.400. The highest BCUT2D eigenvalue weighted by molar-refractivity contribution is 7.81. The Hall–Kier alpha value is -2.55. The van der Waals surface area contributed by atoms with Gasteiger partial charge in [-0.05, 0) is 61.2 Å². The molecule has 0 bridgehead atoms. The maximum Gasteiger partial charge on any atom is 0.303 e. The Morgan fingerprint density at radius 2 is 1.65 bits per heavy atom. The molecule has 0 aromatic heterocycles. The van der Waals surface area contributed by atoms with E-state index in [1.165, 1.54) is 5.56 Å². The standard InChI is InChI=1S/C25H30ClN3O4S/c26-20-8-4-18(5-9-20)12-13-28-14-16-29(17-15-28)25(33)19-6-10-21(11-7-19)27-24(32)22(34)2-1-3-23(30)31/h4-11,22,34H,1-3,12-17H2,(H,27,32)(H,30,31). The summed E-state index contributed by atoms with van der Waals surface area (Å²) in [6, 6.07) is 14.7. The highest BCUT2D eigenvalue weighted by Gasteiger charge is 2.22. The van der Waals surface area contributed by atoms with Crippen molar-refractivity contribution in [2.45, 2.75) is 30.9 Å². The van der Waals surface area contributed by atoms with Crippen LogP contribution < -0.4 is 5.32 Å². The number of nitrogens with zero attached hydrogens (tertiary/aromatic N) is 2. The molecule has 1 heterocycles. The molecule has 2 aromatic carbocycles. The van der Waals surface area contributed by atoms with Gasteiger partial charge in [0.2, 0.25) is 5.91 Å². The predicted molar refractivity (Wildman–Crippen MR) is 137 cm³/mol. The van der Waals surface area contributed by atoms with Crippen LogP contribution in [0.3, 0.4) is 0 Å². The van der Waals surface area contributed by atoms with Crippen molar-refractivity contribution in [2.24, 2.45) is 0 Å². The van der Waals surface area contributed by atoms with E-state index in [0.29, 0.717) is 37.2 Å². The highest BCUT2D eigenvalue weighted by Crippen LogP contribution is 2.16. The smallest absolute Gasteiger partial charge is 0.303 e. The molecule has 3 rings (SSSR count). The van der Waals surface area contributed by atoms with Gasteiger partial charge in [0.1, 0.15) is 0 Å². The molecule has 2 N–H and O–H groups in total. The van der Waals surface area contributed by atoms with E-state index < -0.39 is 11.2 Å². The van der Waals surface area contributed by atoms with E-state index in [1.54, 1.807) is 24.3 Å². The molecule has 1 saturated heterocycles. The molecular formula is C25H30ClN3O4S. The summed E-state index contributed by atoms with van der Waals surface area (Å²) >= 11 is 10.2. The molecule has 1 unspecified atom stereocenters. The van der Waals surface area contributed by atoms with Crippen molar-refractivity contribution < 1.29 is 19.5 Å². The lowest BCUT2D eigenvalue weighted by Crippen LogP contribution is -2.49. The van der Waals surface area contributed by atoms with Gasteiger partial charge >= 0.3 is 5.97 Å². The zero-order valence-electron chi connectivity index (χ0n) is 19.0. The van der Waals surface area contributed by atoms with Crippen LogP contribution in [-0.4, -0.2) is 70.7 Å². The molecule has 1 aliphatic rings. The number of rotatable bonds is 10. The van der Waals surface area contributed by atoms with E-state index in [-0.39, 0.29) is 18.2 Å². The van der Waals surface area contributed by atoms with Crippen molar-refractivity contribution in [1.82, 2.24) is 9.80 Å². The average Bonchev–Trinajstić information content (AvgIpc) is 2.84. The summed E-state index contributed by atoms with van der Waals surface area (Å²) in [5.41, 5.74) is 2.40. The first-order chi connectivity index (χ1) is 16.3. The number of carbonyl (C=O) groups is 3. The monoisotopic (exact) mass is 503 g/mol. The maximum atomic E-state index is 12.9. The van der Waals surface area contributed by atoms with E-state index in [9.17, 15) is 14.4 Å². The number of hydrogen-bond acceptors (Lipinski definition) is 5. The molecule has 9 heteroatoms. The summed E-state index contributed by atoms with van der Waals surface area (Å²) in [5.74, 6) is -1.20. The second-order valence-electron chi connectivity index (χ2n) is 8.38. The molecule has 1 atom stereocenters. The Kier molecular flexibility index (Phi) is 9.80. The fourth-order valence-electron chi connectivity index (χ4n) is 3.79. The quantitative estimate of drug-likeness (QED) is 0.429. The predicted octanol–water partition coefficient (Wildman–Crippen LogP) is 3.83. The van der Waals surface area contributed by atoms with Crippen molar-refractivity contribution in [3.05, 3.63) is 64.7 Å². The number of thiol groups is 1. The minimum Gasteiger partial charge on any atom is -0.481 e. The number of nitrogens with one attached hydrogen (secondary N) is 1. The van der Waals surface area contributed by atoms with E-state index in [4.69, 9.17) is 16.7 Å². The Morgan fingerprint density at radius 3 is 2.26 bits per heavy atom. The van der Waals surface area contributed by atoms with E-state index in [1.807, 2.05) is 29.2 Å².